The Morgan fingerprint density at radius 2 is 2.18 bits per heavy atom. The van der Waals surface area contributed by atoms with Gasteiger partial charge in [0.2, 0.25) is 5.91 Å². The van der Waals surface area contributed by atoms with Crippen LogP contribution < -0.4 is 10.6 Å². The molecule has 2 N–H and O–H groups in total. The first kappa shape index (κ1) is 8.27. The number of hydrogen-bond donors (Lipinski definition) is 2. The highest BCUT2D eigenvalue weighted by molar-refractivity contribution is 5.78. The van der Waals surface area contributed by atoms with Crippen LogP contribution in [0.3, 0.4) is 0 Å². The number of carbonyl (C=O) groups is 1. The minimum atomic E-state index is 0.0844. The standard InChI is InChI=1S/C8H14N2O/c1-9-6-8(11)10-7-4-2-3-5-7/h2-3,7,9H,4-6H2,1H3,(H,10,11). The molecule has 11 heavy (non-hydrogen) atoms. The molecule has 0 bridgehead atoms. The maximum atomic E-state index is 11.0. The van der Waals surface area contributed by atoms with Crippen LogP contribution in [0.1, 0.15) is 12.8 Å². The molecule has 1 amide bonds. The first-order chi connectivity index (χ1) is 5.33. The van der Waals surface area contributed by atoms with E-state index in [4.69, 9.17) is 0 Å². The predicted octanol–water partition coefficient (Wildman–Crippen LogP) is 0.0406. The highest BCUT2D eigenvalue weighted by Crippen LogP contribution is 2.08. The van der Waals surface area contributed by atoms with E-state index in [1.807, 2.05) is 0 Å². The predicted molar refractivity (Wildman–Crippen MR) is 44.2 cm³/mol. The van der Waals surface area contributed by atoms with Crippen molar-refractivity contribution in [2.45, 2.75) is 18.9 Å². The lowest BCUT2D eigenvalue weighted by Crippen LogP contribution is -2.38. The minimum absolute atomic E-state index is 0.0844. The summed E-state index contributed by atoms with van der Waals surface area (Å²) in [7, 11) is 1.77. The van der Waals surface area contributed by atoms with Crippen molar-refractivity contribution in [1.82, 2.24) is 10.6 Å². The SMILES string of the molecule is CNCC(=O)NC1CC=CC1. The van der Waals surface area contributed by atoms with E-state index < -0.39 is 0 Å². The van der Waals surface area contributed by atoms with Crippen molar-refractivity contribution in [3.05, 3.63) is 12.2 Å². The fraction of sp³-hybridized carbons (Fsp3) is 0.625. The Morgan fingerprint density at radius 3 is 2.73 bits per heavy atom. The third kappa shape index (κ3) is 2.72. The highest BCUT2D eigenvalue weighted by atomic mass is 16.1. The number of nitrogens with one attached hydrogen (secondary N) is 2. The van der Waals surface area contributed by atoms with Crippen molar-refractivity contribution in [2.75, 3.05) is 13.6 Å². The molecule has 0 aromatic heterocycles. The zero-order valence-corrected chi connectivity index (χ0v) is 6.76. The van der Waals surface area contributed by atoms with Gasteiger partial charge in [0.05, 0.1) is 6.54 Å². The lowest BCUT2D eigenvalue weighted by atomic mass is 10.2. The molecule has 0 saturated heterocycles. The van der Waals surface area contributed by atoms with Crippen molar-refractivity contribution in [3.63, 3.8) is 0 Å². The topological polar surface area (TPSA) is 41.1 Å². The summed E-state index contributed by atoms with van der Waals surface area (Å²) in [5.74, 6) is 0.0844. The van der Waals surface area contributed by atoms with E-state index in [1.54, 1.807) is 7.05 Å². The van der Waals surface area contributed by atoms with E-state index >= 15 is 0 Å². The van der Waals surface area contributed by atoms with E-state index in [-0.39, 0.29) is 5.91 Å². The Labute approximate surface area is 66.9 Å². The van der Waals surface area contributed by atoms with Gasteiger partial charge >= 0.3 is 0 Å². The van der Waals surface area contributed by atoms with Gasteiger partial charge in [-0.2, -0.15) is 0 Å². The fourth-order valence-electron chi connectivity index (χ4n) is 1.17. The third-order valence-corrected chi connectivity index (χ3v) is 1.71. The smallest absolute Gasteiger partial charge is 0.234 e. The number of amides is 1. The average Bonchev–Trinajstić information content (AvgIpc) is 2.40. The van der Waals surface area contributed by atoms with Gasteiger partial charge in [-0.3, -0.25) is 4.79 Å². The van der Waals surface area contributed by atoms with Crippen LogP contribution >= 0.6 is 0 Å². The summed E-state index contributed by atoms with van der Waals surface area (Å²) in [5, 5.41) is 5.72. The van der Waals surface area contributed by atoms with Gasteiger partial charge in [-0.25, -0.2) is 0 Å². The van der Waals surface area contributed by atoms with E-state index in [9.17, 15) is 4.79 Å². The second-order valence-electron chi connectivity index (χ2n) is 2.74. The molecule has 1 aliphatic carbocycles. The summed E-state index contributed by atoms with van der Waals surface area (Å²) in [6.07, 6.45) is 6.17. The zero-order valence-electron chi connectivity index (χ0n) is 6.76. The molecule has 1 rings (SSSR count). The summed E-state index contributed by atoms with van der Waals surface area (Å²) < 4.78 is 0. The molecule has 0 unspecified atom stereocenters. The molecular weight excluding hydrogens is 140 g/mol. The molecule has 0 fully saturated rings. The lowest BCUT2D eigenvalue weighted by molar-refractivity contribution is -0.120. The molecule has 0 atom stereocenters. The van der Waals surface area contributed by atoms with E-state index in [0.29, 0.717) is 12.6 Å². The van der Waals surface area contributed by atoms with Crippen LogP contribution in [-0.4, -0.2) is 25.5 Å². The first-order valence-corrected chi connectivity index (χ1v) is 3.92. The Hall–Kier alpha value is -0.830. The Kier molecular flexibility index (Phi) is 3.11. The zero-order chi connectivity index (χ0) is 8.10. The van der Waals surface area contributed by atoms with Crippen molar-refractivity contribution >= 4 is 5.91 Å². The molecular formula is C8H14N2O. The van der Waals surface area contributed by atoms with E-state index in [1.165, 1.54) is 0 Å². The molecule has 0 aromatic rings. The maximum absolute atomic E-state index is 11.0. The number of likely N-dealkylation sites (N-methyl/N-ethyl adjacent to an activating group) is 1. The van der Waals surface area contributed by atoms with Crippen molar-refractivity contribution in [2.24, 2.45) is 0 Å². The molecule has 3 nitrogen and oxygen atoms in total. The molecule has 0 spiro atoms. The van der Waals surface area contributed by atoms with Crippen molar-refractivity contribution < 1.29 is 4.79 Å². The molecule has 0 heterocycles. The third-order valence-electron chi connectivity index (χ3n) is 1.71. The van der Waals surface area contributed by atoms with Crippen LogP contribution in [0.5, 0.6) is 0 Å². The van der Waals surface area contributed by atoms with Crippen LogP contribution in [0.4, 0.5) is 0 Å². The van der Waals surface area contributed by atoms with Crippen molar-refractivity contribution in [3.8, 4) is 0 Å². The molecule has 0 radical (unpaired) electrons. The number of hydrogen-bond acceptors (Lipinski definition) is 2. The molecule has 0 saturated carbocycles. The van der Waals surface area contributed by atoms with E-state index in [0.717, 1.165) is 12.8 Å². The van der Waals surface area contributed by atoms with Gasteiger partial charge < -0.3 is 10.6 Å². The highest BCUT2D eigenvalue weighted by Gasteiger charge is 2.11. The van der Waals surface area contributed by atoms with Gasteiger partial charge in [0.1, 0.15) is 0 Å². The maximum Gasteiger partial charge on any atom is 0.234 e. The lowest BCUT2D eigenvalue weighted by Gasteiger charge is -2.10. The van der Waals surface area contributed by atoms with Crippen LogP contribution in [0.15, 0.2) is 12.2 Å². The Bertz CT molecular complexity index is 157. The summed E-state index contributed by atoms with van der Waals surface area (Å²) in [6, 6.07) is 0.343. The van der Waals surface area contributed by atoms with Gasteiger partial charge in [0, 0.05) is 6.04 Å². The van der Waals surface area contributed by atoms with Crippen LogP contribution in [0, 0.1) is 0 Å². The van der Waals surface area contributed by atoms with Gasteiger partial charge in [0.15, 0.2) is 0 Å². The summed E-state index contributed by atoms with van der Waals surface area (Å²) in [5.41, 5.74) is 0. The monoisotopic (exact) mass is 154 g/mol. The molecule has 0 aliphatic heterocycles. The summed E-state index contributed by atoms with van der Waals surface area (Å²) >= 11 is 0. The van der Waals surface area contributed by atoms with Crippen LogP contribution in [0.25, 0.3) is 0 Å². The molecule has 0 aromatic carbocycles. The van der Waals surface area contributed by atoms with E-state index in [2.05, 4.69) is 22.8 Å². The summed E-state index contributed by atoms with van der Waals surface area (Å²) in [4.78, 5) is 11.0. The second-order valence-corrected chi connectivity index (χ2v) is 2.74. The molecule has 3 heteroatoms. The van der Waals surface area contributed by atoms with Gasteiger partial charge in [-0.1, -0.05) is 12.2 Å². The van der Waals surface area contributed by atoms with Gasteiger partial charge in [-0.05, 0) is 19.9 Å². The van der Waals surface area contributed by atoms with Crippen LogP contribution in [-0.2, 0) is 4.79 Å². The average molecular weight is 154 g/mol. The normalized spacial score (nSPS) is 17.2. The Morgan fingerprint density at radius 1 is 1.55 bits per heavy atom. The van der Waals surface area contributed by atoms with Crippen LogP contribution in [0.2, 0.25) is 0 Å². The van der Waals surface area contributed by atoms with Gasteiger partial charge in [-0.15, -0.1) is 0 Å². The summed E-state index contributed by atoms with van der Waals surface area (Å²) in [6.45, 7) is 0.413. The fourth-order valence-corrected chi connectivity index (χ4v) is 1.17. The minimum Gasteiger partial charge on any atom is -0.352 e. The Balaban J connectivity index is 2.15. The number of rotatable bonds is 3. The first-order valence-electron chi connectivity index (χ1n) is 3.92. The quantitative estimate of drug-likeness (QED) is 0.563. The number of carbonyl (C=O) groups excluding carboxylic acids is 1. The largest absolute Gasteiger partial charge is 0.352 e. The molecule has 62 valence electrons. The van der Waals surface area contributed by atoms with Crippen molar-refractivity contribution in [1.29, 1.82) is 0 Å². The van der Waals surface area contributed by atoms with Gasteiger partial charge in [0.25, 0.3) is 0 Å². The second kappa shape index (κ2) is 4.13. The molecule has 1 aliphatic rings.